The third-order valence-corrected chi connectivity index (χ3v) is 9.58. The number of likely N-dealkylation sites (tertiary alicyclic amines) is 2. The van der Waals surface area contributed by atoms with E-state index in [0.29, 0.717) is 44.8 Å². The number of carbonyl (C=O) groups is 2. The molecule has 0 bridgehead atoms. The Morgan fingerprint density at radius 3 is 2.54 bits per heavy atom. The Bertz CT molecular complexity index is 643. The predicted molar refractivity (Wildman–Crippen MR) is 101 cm³/mol. The van der Waals surface area contributed by atoms with Crippen LogP contribution in [0.4, 0.5) is 0 Å². The Morgan fingerprint density at radius 1 is 1.15 bits per heavy atom. The van der Waals surface area contributed by atoms with E-state index in [-0.39, 0.29) is 9.38 Å². The fraction of sp³-hybridized carbons (Fsp3) is 0.579. The molecule has 0 aromatic heterocycles. The number of carboxylic acids is 1. The summed E-state index contributed by atoms with van der Waals surface area (Å²) in [6, 6.07) is 9.38. The number of carbonyl (C=O) groups excluding carboxylic acids is 1. The van der Waals surface area contributed by atoms with Crippen molar-refractivity contribution in [1.29, 1.82) is 0 Å². The van der Waals surface area contributed by atoms with Crippen LogP contribution in [0.1, 0.15) is 34.7 Å². The molecule has 6 radical (unpaired) electrons. The molecule has 4 atom stereocenters. The summed E-state index contributed by atoms with van der Waals surface area (Å²) in [4.78, 5) is 29.1. The Kier molecular flexibility index (Phi) is 7.52. The second-order valence-corrected chi connectivity index (χ2v) is 12.7. The molecule has 0 spiro atoms. The summed E-state index contributed by atoms with van der Waals surface area (Å²) in [5.41, 5.74) is 1.00. The number of hydrogen-bond acceptors (Lipinski definition) is 3. The van der Waals surface area contributed by atoms with Gasteiger partial charge in [0, 0.05) is 0 Å². The van der Waals surface area contributed by atoms with Gasteiger partial charge in [0.2, 0.25) is 0 Å². The third kappa shape index (κ3) is 4.87. The molecule has 2 aliphatic rings. The van der Waals surface area contributed by atoms with Gasteiger partial charge in [0.1, 0.15) is 0 Å². The molecule has 5 nitrogen and oxygen atoms in total. The number of nitrogens with zero attached hydrogens (tertiary/aromatic N) is 2. The van der Waals surface area contributed by atoms with E-state index < -0.39 is 12.0 Å². The van der Waals surface area contributed by atoms with Gasteiger partial charge in [0.15, 0.2) is 0 Å². The first-order chi connectivity index (χ1) is 12.5. The summed E-state index contributed by atoms with van der Waals surface area (Å²) in [7, 11) is 0. The molecular weight excluding hydrogens is 719 g/mol. The average Bonchev–Trinajstić information content (AvgIpc) is 2.67. The summed E-state index contributed by atoms with van der Waals surface area (Å²) in [6.07, 6.45) is 4.01. The molecule has 1 N–H and O–H groups in total. The zero-order valence-corrected chi connectivity index (χ0v) is 22.6. The minimum absolute atomic E-state index is 0.00636. The van der Waals surface area contributed by atoms with E-state index in [2.05, 4.69) is 4.90 Å². The molecule has 1 aromatic carbocycles. The van der Waals surface area contributed by atoms with Gasteiger partial charge in [-0.25, -0.2) is 0 Å². The van der Waals surface area contributed by atoms with Crippen LogP contribution in [-0.2, 0) is 9.59 Å². The molecule has 0 aliphatic carbocycles. The van der Waals surface area contributed by atoms with Crippen LogP contribution in [0.15, 0.2) is 30.3 Å². The van der Waals surface area contributed by atoms with Gasteiger partial charge in [-0.15, -0.1) is 0 Å². The number of benzene rings is 1. The predicted octanol–water partition coefficient (Wildman–Crippen LogP) is 1.39. The fourth-order valence-electron chi connectivity index (χ4n) is 4.07. The number of hydrogen-bond donors (Lipinski definition) is 1. The normalized spacial score (nSPS) is 28.5. The molecule has 136 valence electrons. The van der Waals surface area contributed by atoms with Crippen molar-refractivity contribution in [3.05, 3.63) is 35.9 Å². The summed E-state index contributed by atoms with van der Waals surface area (Å²) in [5, 5.41) is 9.78. The van der Waals surface area contributed by atoms with Crippen molar-refractivity contribution >= 4 is 63.4 Å². The number of carboxylic acid groups (broad SMARTS) is 1. The molecule has 2 fully saturated rings. The molecule has 0 saturated carbocycles. The second-order valence-electron chi connectivity index (χ2n) is 7.24. The maximum absolute atomic E-state index is 13.0. The number of rotatable bonds is 4. The van der Waals surface area contributed by atoms with Gasteiger partial charge < -0.3 is 0 Å². The van der Waals surface area contributed by atoms with Gasteiger partial charge in [0.25, 0.3) is 0 Å². The topological polar surface area (TPSA) is 60.9 Å². The molecule has 2 aliphatic heterocycles. The van der Waals surface area contributed by atoms with Crippen LogP contribution in [0.2, 0.25) is 3.48 Å². The van der Waals surface area contributed by atoms with Gasteiger partial charge in [0.05, 0.1) is 0 Å². The Balaban J connectivity index is 1.70. The zero-order valence-electron chi connectivity index (χ0n) is 14.8. The quantitative estimate of drug-likeness (QED) is 0.475. The molecule has 26 heavy (non-hydrogen) atoms. The van der Waals surface area contributed by atoms with Gasteiger partial charge in [-0.05, 0) is 0 Å². The van der Waals surface area contributed by atoms with Crippen LogP contribution >= 0.6 is 0 Å². The monoisotopic (exact) mass is 744 g/mol. The Labute approximate surface area is 186 Å². The van der Waals surface area contributed by atoms with Gasteiger partial charge >= 0.3 is 188 Å². The van der Waals surface area contributed by atoms with E-state index in [0.717, 1.165) is 28.6 Å². The number of piperidine rings is 2. The zero-order chi connectivity index (χ0) is 18.7. The van der Waals surface area contributed by atoms with E-state index in [9.17, 15) is 14.7 Å². The van der Waals surface area contributed by atoms with Crippen molar-refractivity contribution in [2.75, 3.05) is 19.6 Å². The molecule has 4 unspecified atom stereocenters. The molecule has 1 aromatic rings. The van der Waals surface area contributed by atoms with E-state index in [1.165, 1.54) is 38.6 Å². The van der Waals surface area contributed by atoms with E-state index in [1.54, 1.807) is 4.90 Å². The third-order valence-electron chi connectivity index (χ3n) is 5.49. The van der Waals surface area contributed by atoms with Crippen molar-refractivity contribution in [3.8, 4) is 0 Å². The first kappa shape index (κ1) is 20.7. The summed E-state index contributed by atoms with van der Waals surface area (Å²) >= 11 is 1.90. The number of aliphatic carboxylic acids is 1. The number of amides is 1. The van der Waals surface area contributed by atoms with Gasteiger partial charge in [-0.3, -0.25) is 0 Å². The van der Waals surface area contributed by atoms with Crippen molar-refractivity contribution in [2.45, 2.75) is 44.7 Å². The van der Waals surface area contributed by atoms with E-state index in [4.69, 9.17) is 0 Å². The van der Waals surface area contributed by atoms with Crippen LogP contribution in [-0.4, -0.2) is 110 Å². The molecule has 1 amide bonds. The average molecular weight is 743 g/mol. The molecular formula is C19H24N2O3Pb2. The SMILES string of the molecule is O=C(O)C1CC(N2CCC[CH]([Pb])C2)CCN1C(=O)[CH]([Pb])c1ccccc1. The van der Waals surface area contributed by atoms with Crippen molar-refractivity contribution in [2.24, 2.45) is 0 Å². The molecule has 7 heteroatoms. The Morgan fingerprint density at radius 2 is 1.88 bits per heavy atom. The standard InChI is InChI=1S/C19H24N2O3.2Pb/c22-18(13-15-7-3-1-4-8-15)21-12-9-16(14-17(21)19(23)24)20-10-5-2-6-11-20;;/h1,3-5,7-8,13,16-17H,2,6,9-12,14H2,(H,23,24);;. The van der Waals surface area contributed by atoms with Crippen molar-refractivity contribution < 1.29 is 14.7 Å². The van der Waals surface area contributed by atoms with Crippen molar-refractivity contribution in [1.82, 2.24) is 9.80 Å². The van der Waals surface area contributed by atoms with E-state index >= 15 is 0 Å². The summed E-state index contributed by atoms with van der Waals surface area (Å²) < 4.78 is 0.645. The van der Waals surface area contributed by atoms with Crippen molar-refractivity contribution in [3.63, 3.8) is 0 Å². The summed E-state index contributed by atoms with van der Waals surface area (Å²) in [6.45, 7) is 2.76. The maximum atomic E-state index is 13.0. The molecule has 2 saturated heterocycles. The molecule has 2 heterocycles. The van der Waals surface area contributed by atoms with Crippen LogP contribution in [0.3, 0.4) is 0 Å². The minimum atomic E-state index is -0.857. The Hall–Kier alpha value is -0.0358. The molecule has 3 rings (SSSR count). The van der Waals surface area contributed by atoms with Gasteiger partial charge in [-0.2, -0.15) is 0 Å². The van der Waals surface area contributed by atoms with E-state index in [1.807, 2.05) is 30.3 Å². The van der Waals surface area contributed by atoms with Crippen LogP contribution < -0.4 is 0 Å². The van der Waals surface area contributed by atoms with Gasteiger partial charge in [-0.1, -0.05) is 0 Å². The van der Waals surface area contributed by atoms with Crippen LogP contribution in [0, 0.1) is 0 Å². The van der Waals surface area contributed by atoms with Crippen LogP contribution in [0.25, 0.3) is 0 Å². The van der Waals surface area contributed by atoms with Crippen LogP contribution in [0.5, 0.6) is 0 Å². The second kappa shape index (κ2) is 9.44. The summed E-state index contributed by atoms with van der Waals surface area (Å²) in [5.74, 6) is -0.863. The first-order valence-electron chi connectivity index (χ1n) is 9.22. The fourth-order valence-corrected chi connectivity index (χ4v) is 7.17. The first-order valence-corrected chi connectivity index (χ1v) is 13.7.